The summed E-state index contributed by atoms with van der Waals surface area (Å²) in [5, 5.41) is 5.50. The number of nitrogens with zero attached hydrogens (tertiary/aromatic N) is 3. The van der Waals surface area contributed by atoms with Gasteiger partial charge in [-0.25, -0.2) is 4.98 Å². The lowest BCUT2D eigenvalue weighted by Gasteiger charge is -2.13. The van der Waals surface area contributed by atoms with E-state index in [9.17, 15) is 4.79 Å². The molecule has 2 aromatic carbocycles. The number of primary amides is 1. The molecule has 6 nitrogen and oxygen atoms in total. The highest BCUT2D eigenvalue weighted by molar-refractivity contribution is 6.00. The maximum atomic E-state index is 11.9. The summed E-state index contributed by atoms with van der Waals surface area (Å²) >= 11 is 0. The first-order chi connectivity index (χ1) is 16.1. The van der Waals surface area contributed by atoms with E-state index >= 15 is 0 Å². The van der Waals surface area contributed by atoms with Crippen molar-refractivity contribution in [3.8, 4) is 16.8 Å². The van der Waals surface area contributed by atoms with Crippen molar-refractivity contribution in [2.45, 2.75) is 20.3 Å². The van der Waals surface area contributed by atoms with E-state index in [2.05, 4.69) is 47.0 Å². The molecule has 0 fully saturated rings. The molecule has 5 aromatic rings. The number of hydrogen-bond acceptors (Lipinski definition) is 4. The van der Waals surface area contributed by atoms with E-state index < -0.39 is 5.91 Å². The Hall–Kier alpha value is -4.19. The van der Waals surface area contributed by atoms with Gasteiger partial charge in [-0.1, -0.05) is 25.1 Å². The summed E-state index contributed by atoms with van der Waals surface area (Å²) in [6.45, 7) is 4.93. The fraction of sp³-hybridized carbons (Fsp3) is 0.148. The summed E-state index contributed by atoms with van der Waals surface area (Å²) in [6, 6.07) is 18.0. The van der Waals surface area contributed by atoms with Gasteiger partial charge in [-0.3, -0.25) is 9.78 Å². The third kappa shape index (κ3) is 3.69. The number of benzene rings is 2. The third-order valence-electron chi connectivity index (χ3n) is 5.89. The second-order valence-corrected chi connectivity index (χ2v) is 8.18. The Bertz CT molecular complexity index is 1500. The number of para-hydroxylation sites is 1. The van der Waals surface area contributed by atoms with Crippen molar-refractivity contribution in [1.29, 1.82) is 0 Å². The van der Waals surface area contributed by atoms with E-state index in [1.807, 2.05) is 48.8 Å². The lowest BCUT2D eigenvalue weighted by Crippen LogP contribution is -2.15. The maximum absolute atomic E-state index is 11.9. The van der Waals surface area contributed by atoms with Gasteiger partial charge in [0.15, 0.2) is 0 Å². The van der Waals surface area contributed by atoms with Crippen LogP contribution in [-0.2, 0) is 0 Å². The van der Waals surface area contributed by atoms with Crippen LogP contribution in [-0.4, -0.2) is 27.0 Å². The molecule has 164 valence electrons. The molecule has 33 heavy (non-hydrogen) atoms. The number of nitrogens with two attached hydrogens (primary N) is 1. The van der Waals surface area contributed by atoms with Gasteiger partial charge in [0.1, 0.15) is 5.65 Å². The molecule has 0 aliphatic heterocycles. The fourth-order valence-corrected chi connectivity index (χ4v) is 4.30. The quantitative estimate of drug-likeness (QED) is 0.370. The number of pyridine rings is 2. The van der Waals surface area contributed by atoms with Gasteiger partial charge in [-0.05, 0) is 60.9 Å². The molecule has 0 saturated heterocycles. The zero-order chi connectivity index (χ0) is 22.9. The monoisotopic (exact) mass is 435 g/mol. The molecule has 3 N–H and O–H groups in total. The third-order valence-corrected chi connectivity index (χ3v) is 5.89. The first-order valence-corrected chi connectivity index (χ1v) is 11.1. The van der Waals surface area contributed by atoms with E-state index in [0.29, 0.717) is 5.56 Å². The van der Waals surface area contributed by atoms with Crippen LogP contribution < -0.4 is 11.1 Å². The van der Waals surface area contributed by atoms with Crippen LogP contribution in [0.25, 0.3) is 38.8 Å². The van der Waals surface area contributed by atoms with Crippen molar-refractivity contribution in [1.82, 2.24) is 14.5 Å². The molecule has 0 saturated carbocycles. The Kier molecular flexibility index (Phi) is 5.26. The lowest BCUT2D eigenvalue weighted by atomic mass is 10.0. The molecule has 3 aromatic heterocycles. The fourth-order valence-electron chi connectivity index (χ4n) is 4.30. The first-order valence-electron chi connectivity index (χ1n) is 11.1. The van der Waals surface area contributed by atoms with E-state index in [1.165, 1.54) is 0 Å². The predicted octanol–water partition coefficient (Wildman–Crippen LogP) is 5.47. The van der Waals surface area contributed by atoms with E-state index in [0.717, 1.165) is 63.0 Å². The number of amides is 1. The van der Waals surface area contributed by atoms with Crippen molar-refractivity contribution in [2.75, 3.05) is 11.9 Å². The molecule has 0 radical (unpaired) electrons. The number of fused-ring (bicyclic) bond motifs is 2. The van der Waals surface area contributed by atoms with Gasteiger partial charge in [0.25, 0.3) is 5.91 Å². The molecular weight excluding hydrogens is 410 g/mol. The largest absolute Gasteiger partial charge is 0.384 e. The van der Waals surface area contributed by atoms with Crippen molar-refractivity contribution < 1.29 is 4.79 Å². The summed E-state index contributed by atoms with van der Waals surface area (Å²) in [6.07, 6.45) is 6.77. The van der Waals surface area contributed by atoms with Crippen LogP contribution in [0.3, 0.4) is 0 Å². The van der Waals surface area contributed by atoms with Crippen LogP contribution in [0.4, 0.5) is 5.69 Å². The van der Waals surface area contributed by atoms with Gasteiger partial charge in [0, 0.05) is 52.8 Å². The molecular formula is C27H25N5O. The maximum Gasteiger partial charge on any atom is 0.250 e. The van der Waals surface area contributed by atoms with Crippen LogP contribution >= 0.6 is 0 Å². The summed E-state index contributed by atoms with van der Waals surface area (Å²) in [7, 11) is 0. The average Bonchev–Trinajstić information content (AvgIpc) is 3.18. The number of carbonyl (C=O) groups excluding carboxylic acids is 1. The van der Waals surface area contributed by atoms with Gasteiger partial charge in [0.2, 0.25) is 0 Å². The van der Waals surface area contributed by atoms with Gasteiger partial charge in [0.05, 0.1) is 11.1 Å². The Morgan fingerprint density at radius 2 is 1.94 bits per heavy atom. The standard InChI is InChI=1S/C27H25N5O/c1-3-11-29-24-14-20(8-9-22(24)26(28)33)32-16-17(2)25-21(10-12-30-27(25)32)19-13-18-6-4-5-7-23(18)31-15-19/h4-10,12-16,29H,3,11H2,1-2H3,(H2,28,33). The molecule has 0 atom stereocenters. The summed E-state index contributed by atoms with van der Waals surface area (Å²) in [5.41, 5.74) is 12.8. The topological polar surface area (TPSA) is 85.8 Å². The average molecular weight is 436 g/mol. The highest BCUT2D eigenvalue weighted by atomic mass is 16.1. The molecule has 0 unspecified atom stereocenters. The lowest BCUT2D eigenvalue weighted by molar-refractivity contribution is 0.100. The highest BCUT2D eigenvalue weighted by Gasteiger charge is 2.16. The normalized spacial score (nSPS) is 11.2. The number of aryl methyl sites for hydroxylation is 1. The zero-order valence-electron chi connectivity index (χ0n) is 18.7. The number of nitrogens with one attached hydrogen (secondary N) is 1. The zero-order valence-corrected chi connectivity index (χ0v) is 18.7. The molecule has 3 heterocycles. The van der Waals surface area contributed by atoms with Gasteiger partial charge in [-0.15, -0.1) is 0 Å². The van der Waals surface area contributed by atoms with E-state index in [4.69, 9.17) is 10.7 Å². The number of anilines is 1. The van der Waals surface area contributed by atoms with Gasteiger partial charge in [-0.2, -0.15) is 0 Å². The van der Waals surface area contributed by atoms with Crippen molar-refractivity contribution >= 4 is 33.5 Å². The highest BCUT2D eigenvalue weighted by Crippen LogP contribution is 2.34. The smallest absolute Gasteiger partial charge is 0.250 e. The molecule has 6 heteroatoms. The van der Waals surface area contributed by atoms with Gasteiger partial charge >= 0.3 is 0 Å². The van der Waals surface area contributed by atoms with E-state index in [1.54, 1.807) is 6.07 Å². The second kappa shape index (κ2) is 8.39. The van der Waals surface area contributed by atoms with Crippen molar-refractivity contribution in [3.05, 3.63) is 84.3 Å². The van der Waals surface area contributed by atoms with Crippen LogP contribution in [0, 0.1) is 6.92 Å². The molecule has 1 amide bonds. The van der Waals surface area contributed by atoms with Crippen LogP contribution in [0.1, 0.15) is 29.3 Å². The molecule has 0 spiro atoms. The van der Waals surface area contributed by atoms with Crippen molar-refractivity contribution in [3.63, 3.8) is 0 Å². The SMILES string of the molecule is CCCNc1cc(-n2cc(C)c3c(-c4cnc5ccccc5c4)ccnc32)ccc1C(N)=O. The summed E-state index contributed by atoms with van der Waals surface area (Å²) in [4.78, 5) is 21.3. The minimum Gasteiger partial charge on any atom is -0.384 e. The van der Waals surface area contributed by atoms with Gasteiger partial charge < -0.3 is 15.6 Å². The number of rotatable bonds is 6. The predicted molar refractivity (Wildman–Crippen MR) is 134 cm³/mol. The second-order valence-electron chi connectivity index (χ2n) is 8.18. The molecule has 0 bridgehead atoms. The number of carbonyl (C=O) groups is 1. The Labute approximate surface area is 192 Å². The Morgan fingerprint density at radius 1 is 1.09 bits per heavy atom. The molecule has 0 aliphatic carbocycles. The first kappa shape index (κ1) is 20.7. The van der Waals surface area contributed by atoms with Crippen LogP contribution in [0.5, 0.6) is 0 Å². The molecule has 5 rings (SSSR count). The Balaban J connectivity index is 1.66. The minimum atomic E-state index is -0.446. The summed E-state index contributed by atoms with van der Waals surface area (Å²) < 4.78 is 2.06. The number of hydrogen-bond donors (Lipinski definition) is 2. The van der Waals surface area contributed by atoms with Crippen LogP contribution in [0.2, 0.25) is 0 Å². The van der Waals surface area contributed by atoms with Crippen LogP contribution in [0.15, 0.2) is 73.2 Å². The Morgan fingerprint density at radius 3 is 2.76 bits per heavy atom. The number of aromatic nitrogens is 3. The van der Waals surface area contributed by atoms with E-state index in [-0.39, 0.29) is 0 Å². The van der Waals surface area contributed by atoms with Crippen molar-refractivity contribution in [2.24, 2.45) is 5.73 Å². The molecule has 0 aliphatic rings. The minimum absolute atomic E-state index is 0.446. The summed E-state index contributed by atoms with van der Waals surface area (Å²) in [5.74, 6) is -0.446.